The lowest BCUT2D eigenvalue weighted by molar-refractivity contribution is 0.245. The van der Waals surface area contributed by atoms with Gasteiger partial charge in [-0.1, -0.05) is 0 Å². The summed E-state index contributed by atoms with van der Waals surface area (Å²) in [5.41, 5.74) is 2.10. The van der Waals surface area contributed by atoms with Crippen LogP contribution in [-0.2, 0) is 6.54 Å². The quantitative estimate of drug-likeness (QED) is 0.635. The van der Waals surface area contributed by atoms with Crippen molar-refractivity contribution < 1.29 is 9.47 Å². The van der Waals surface area contributed by atoms with Crippen LogP contribution in [0.25, 0.3) is 5.82 Å². The predicted octanol–water partition coefficient (Wildman–Crippen LogP) is 2.31. The zero-order chi connectivity index (χ0) is 20.2. The van der Waals surface area contributed by atoms with Crippen molar-refractivity contribution in [2.45, 2.75) is 13.5 Å². The zero-order valence-electron chi connectivity index (χ0n) is 17.1. The molecule has 0 unspecified atom stereocenters. The molecule has 0 aliphatic carbocycles. The maximum Gasteiger partial charge on any atom is 0.175 e. The van der Waals surface area contributed by atoms with Gasteiger partial charge in [0.25, 0.3) is 0 Å². The lowest BCUT2D eigenvalue weighted by atomic mass is 10.1. The van der Waals surface area contributed by atoms with Crippen molar-refractivity contribution in [2.24, 2.45) is 0 Å². The third-order valence-corrected chi connectivity index (χ3v) is 5.17. The first-order valence-corrected chi connectivity index (χ1v) is 9.71. The number of rotatable bonds is 6. The van der Waals surface area contributed by atoms with Gasteiger partial charge in [0.2, 0.25) is 0 Å². The second-order valence-corrected chi connectivity index (χ2v) is 7.09. The van der Waals surface area contributed by atoms with Crippen LogP contribution in [0, 0.1) is 6.92 Å². The van der Waals surface area contributed by atoms with Gasteiger partial charge in [0, 0.05) is 44.5 Å². The Labute approximate surface area is 170 Å². The highest BCUT2D eigenvalue weighted by Gasteiger charge is 2.20. The zero-order valence-corrected chi connectivity index (χ0v) is 17.1. The van der Waals surface area contributed by atoms with Gasteiger partial charge in [0.1, 0.15) is 11.5 Å². The van der Waals surface area contributed by atoms with Crippen LogP contribution in [0.15, 0.2) is 42.6 Å². The van der Waals surface area contributed by atoms with E-state index in [1.807, 2.05) is 49.5 Å². The third-order valence-electron chi connectivity index (χ3n) is 5.17. The SMILES string of the molecule is COc1ccc(OC)c(CN2CCN(c3ccc(-n4ccc(C)n4)nn3)CC2)c1. The minimum atomic E-state index is 0.727. The number of ether oxygens (including phenoxy) is 2. The van der Waals surface area contributed by atoms with E-state index in [0.29, 0.717) is 0 Å². The molecule has 1 aliphatic heterocycles. The lowest BCUT2D eigenvalue weighted by Crippen LogP contribution is -2.46. The summed E-state index contributed by atoms with van der Waals surface area (Å²) in [5.74, 6) is 3.37. The molecule has 0 saturated carbocycles. The van der Waals surface area contributed by atoms with Gasteiger partial charge in [0.15, 0.2) is 11.6 Å². The molecule has 8 heteroatoms. The molecule has 8 nitrogen and oxygen atoms in total. The van der Waals surface area contributed by atoms with Crippen molar-refractivity contribution in [1.29, 1.82) is 0 Å². The second-order valence-electron chi connectivity index (χ2n) is 7.09. The van der Waals surface area contributed by atoms with E-state index < -0.39 is 0 Å². The number of piperazine rings is 1. The molecule has 2 aromatic heterocycles. The van der Waals surface area contributed by atoms with E-state index in [2.05, 4.69) is 25.1 Å². The van der Waals surface area contributed by atoms with Crippen LogP contribution in [-0.4, -0.2) is 65.3 Å². The molecule has 0 N–H and O–H groups in total. The van der Waals surface area contributed by atoms with Crippen LogP contribution < -0.4 is 14.4 Å². The Morgan fingerprint density at radius 3 is 2.28 bits per heavy atom. The fraction of sp³-hybridized carbons (Fsp3) is 0.381. The number of nitrogens with zero attached hydrogens (tertiary/aromatic N) is 6. The first-order valence-electron chi connectivity index (χ1n) is 9.71. The van der Waals surface area contributed by atoms with Crippen LogP contribution in [0.4, 0.5) is 5.82 Å². The van der Waals surface area contributed by atoms with E-state index in [1.165, 1.54) is 0 Å². The van der Waals surface area contributed by atoms with Gasteiger partial charge >= 0.3 is 0 Å². The molecule has 0 bridgehead atoms. The van der Waals surface area contributed by atoms with Crippen molar-refractivity contribution >= 4 is 5.82 Å². The summed E-state index contributed by atoms with van der Waals surface area (Å²) in [6.45, 7) is 6.49. The highest BCUT2D eigenvalue weighted by Crippen LogP contribution is 2.26. The van der Waals surface area contributed by atoms with E-state index >= 15 is 0 Å². The highest BCUT2D eigenvalue weighted by atomic mass is 16.5. The average molecular weight is 394 g/mol. The monoisotopic (exact) mass is 394 g/mol. The Hall–Kier alpha value is -3.13. The molecule has 0 radical (unpaired) electrons. The minimum Gasteiger partial charge on any atom is -0.497 e. The molecule has 29 heavy (non-hydrogen) atoms. The Bertz CT molecular complexity index is 948. The van der Waals surface area contributed by atoms with Crippen molar-refractivity contribution in [1.82, 2.24) is 24.9 Å². The normalized spacial score (nSPS) is 14.8. The highest BCUT2D eigenvalue weighted by molar-refractivity contribution is 5.42. The average Bonchev–Trinajstić information content (AvgIpc) is 3.20. The molecule has 1 saturated heterocycles. The van der Waals surface area contributed by atoms with Crippen LogP contribution >= 0.6 is 0 Å². The number of hydrogen-bond acceptors (Lipinski definition) is 7. The van der Waals surface area contributed by atoms with E-state index in [-0.39, 0.29) is 0 Å². The van der Waals surface area contributed by atoms with Gasteiger partial charge < -0.3 is 14.4 Å². The smallest absolute Gasteiger partial charge is 0.175 e. The van der Waals surface area contributed by atoms with Crippen LogP contribution in [0.5, 0.6) is 11.5 Å². The molecular formula is C21H26N6O2. The minimum absolute atomic E-state index is 0.727. The van der Waals surface area contributed by atoms with Gasteiger partial charge in [-0.05, 0) is 43.3 Å². The van der Waals surface area contributed by atoms with Crippen LogP contribution in [0.3, 0.4) is 0 Å². The van der Waals surface area contributed by atoms with E-state index in [1.54, 1.807) is 18.9 Å². The van der Waals surface area contributed by atoms with Gasteiger partial charge in [-0.25, -0.2) is 4.68 Å². The first-order chi connectivity index (χ1) is 14.2. The maximum absolute atomic E-state index is 5.51. The summed E-state index contributed by atoms with van der Waals surface area (Å²) in [5, 5.41) is 13.1. The first kappa shape index (κ1) is 19.2. The largest absolute Gasteiger partial charge is 0.497 e. The fourth-order valence-electron chi connectivity index (χ4n) is 3.53. The Balaban J connectivity index is 1.37. The number of benzene rings is 1. The number of methoxy groups -OCH3 is 2. The molecule has 0 amide bonds. The Morgan fingerprint density at radius 2 is 1.66 bits per heavy atom. The fourth-order valence-corrected chi connectivity index (χ4v) is 3.53. The molecule has 0 atom stereocenters. The van der Waals surface area contributed by atoms with Crippen LogP contribution in [0.2, 0.25) is 0 Å². The number of aromatic nitrogens is 4. The van der Waals surface area contributed by atoms with E-state index in [9.17, 15) is 0 Å². The van der Waals surface area contributed by atoms with Crippen molar-refractivity contribution in [3.63, 3.8) is 0 Å². The Morgan fingerprint density at radius 1 is 0.897 bits per heavy atom. The number of anilines is 1. The third kappa shape index (κ3) is 4.32. The molecule has 3 aromatic rings. The second kappa shape index (κ2) is 8.48. The number of hydrogen-bond donors (Lipinski definition) is 0. The molecule has 1 aromatic carbocycles. The van der Waals surface area contributed by atoms with E-state index in [0.717, 1.165) is 67.1 Å². The van der Waals surface area contributed by atoms with Gasteiger partial charge in [0.05, 0.1) is 19.9 Å². The van der Waals surface area contributed by atoms with E-state index in [4.69, 9.17) is 9.47 Å². The lowest BCUT2D eigenvalue weighted by Gasteiger charge is -2.35. The van der Waals surface area contributed by atoms with Crippen molar-refractivity contribution in [2.75, 3.05) is 45.3 Å². The summed E-state index contributed by atoms with van der Waals surface area (Å²) in [6.07, 6.45) is 1.89. The molecule has 1 aliphatic rings. The Kier molecular flexibility index (Phi) is 5.62. The molecule has 4 rings (SSSR count). The summed E-state index contributed by atoms with van der Waals surface area (Å²) in [4.78, 5) is 4.69. The summed E-state index contributed by atoms with van der Waals surface area (Å²) >= 11 is 0. The molecule has 3 heterocycles. The standard InChI is InChI=1S/C21H26N6O2/c1-16-8-9-27(24-16)21-7-6-20(22-23-21)26-12-10-25(11-13-26)15-17-14-18(28-2)4-5-19(17)29-3/h4-9,14H,10-13,15H2,1-3H3. The van der Waals surface area contributed by atoms with Crippen LogP contribution in [0.1, 0.15) is 11.3 Å². The number of aryl methyl sites for hydroxylation is 1. The van der Waals surface area contributed by atoms with Crippen molar-refractivity contribution in [3.8, 4) is 17.3 Å². The molecule has 0 spiro atoms. The topological polar surface area (TPSA) is 68.5 Å². The molecule has 152 valence electrons. The van der Waals surface area contributed by atoms with Gasteiger partial charge in [-0.2, -0.15) is 5.10 Å². The molecule has 1 fully saturated rings. The predicted molar refractivity (Wildman–Crippen MR) is 111 cm³/mol. The molecular weight excluding hydrogens is 368 g/mol. The summed E-state index contributed by atoms with van der Waals surface area (Å²) < 4.78 is 12.6. The van der Waals surface area contributed by atoms with Crippen molar-refractivity contribution in [3.05, 3.63) is 53.9 Å². The maximum atomic E-state index is 5.51. The summed E-state index contributed by atoms with van der Waals surface area (Å²) in [6, 6.07) is 11.9. The summed E-state index contributed by atoms with van der Waals surface area (Å²) in [7, 11) is 3.39. The van der Waals surface area contributed by atoms with Gasteiger partial charge in [-0.3, -0.25) is 4.90 Å². The van der Waals surface area contributed by atoms with Gasteiger partial charge in [-0.15, -0.1) is 10.2 Å².